The number of aromatic nitrogens is 4. The first-order chi connectivity index (χ1) is 7.18. The molecule has 2 N–H and O–H groups in total. The van der Waals surface area contributed by atoms with E-state index in [4.69, 9.17) is 0 Å². The standard InChI is InChI=1S/C9H11N5O/c1-6-5-10-13-8(6)12-9(15)7-3-4-11-14(7)2/h3-5H,1-2H3,(H2,10,12,13,15). The first kappa shape index (κ1) is 9.45. The van der Waals surface area contributed by atoms with E-state index in [2.05, 4.69) is 20.6 Å². The van der Waals surface area contributed by atoms with Crippen molar-refractivity contribution in [2.75, 3.05) is 5.32 Å². The molecule has 0 bridgehead atoms. The average molecular weight is 205 g/mol. The van der Waals surface area contributed by atoms with Crippen LogP contribution in [0, 0.1) is 6.92 Å². The van der Waals surface area contributed by atoms with Crippen LogP contribution in [0.1, 0.15) is 16.1 Å². The number of anilines is 1. The zero-order valence-electron chi connectivity index (χ0n) is 8.48. The highest BCUT2D eigenvalue weighted by Gasteiger charge is 2.11. The number of nitrogens with zero attached hydrogens (tertiary/aromatic N) is 3. The fraction of sp³-hybridized carbons (Fsp3) is 0.222. The largest absolute Gasteiger partial charge is 0.305 e. The maximum Gasteiger partial charge on any atom is 0.275 e. The molecule has 0 saturated heterocycles. The average Bonchev–Trinajstić information content (AvgIpc) is 2.76. The Labute approximate surface area is 86.3 Å². The van der Waals surface area contributed by atoms with Crippen LogP contribution in [0.2, 0.25) is 0 Å². The van der Waals surface area contributed by atoms with Gasteiger partial charge in [-0.1, -0.05) is 0 Å². The molecular formula is C9H11N5O. The third-order valence-corrected chi connectivity index (χ3v) is 2.12. The molecule has 0 atom stereocenters. The van der Waals surface area contributed by atoms with E-state index in [-0.39, 0.29) is 5.91 Å². The van der Waals surface area contributed by atoms with Crippen molar-refractivity contribution < 1.29 is 4.79 Å². The lowest BCUT2D eigenvalue weighted by molar-refractivity contribution is 0.101. The molecule has 0 unspecified atom stereocenters. The quantitative estimate of drug-likeness (QED) is 0.757. The van der Waals surface area contributed by atoms with Gasteiger partial charge in [-0.15, -0.1) is 0 Å². The highest BCUT2D eigenvalue weighted by Crippen LogP contribution is 2.10. The van der Waals surface area contributed by atoms with Gasteiger partial charge in [-0.05, 0) is 13.0 Å². The molecule has 2 heterocycles. The summed E-state index contributed by atoms with van der Waals surface area (Å²) in [5.41, 5.74) is 1.40. The predicted molar refractivity (Wildman–Crippen MR) is 54.5 cm³/mol. The number of nitrogens with one attached hydrogen (secondary N) is 2. The highest BCUT2D eigenvalue weighted by molar-refractivity contribution is 6.02. The fourth-order valence-corrected chi connectivity index (χ4v) is 1.25. The van der Waals surface area contributed by atoms with Crippen molar-refractivity contribution in [3.8, 4) is 0 Å². The lowest BCUT2D eigenvalue weighted by Crippen LogP contribution is -2.16. The van der Waals surface area contributed by atoms with Gasteiger partial charge in [0.05, 0.1) is 6.20 Å². The van der Waals surface area contributed by atoms with Gasteiger partial charge >= 0.3 is 0 Å². The number of amides is 1. The van der Waals surface area contributed by atoms with Crippen LogP contribution >= 0.6 is 0 Å². The molecule has 0 spiro atoms. The Morgan fingerprint density at radius 1 is 1.60 bits per heavy atom. The van der Waals surface area contributed by atoms with E-state index >= 15 is 0 Å². The van der Waals surface area contributed by atoms with Crippen molar-refractivity contribution in [2.45, 2.75) is 6.92 Å². The van der Waals surface area contributed by atoms with Crippen molar-refractivity contribution in [3.05, 3.63) is 29.7 Å². The third-order valence-electron chi connectivity index (χ3n) is 2.12. The first-order valence-corrected chi connectivity index (χ1v) is 4.48. The van der Waals surface area contributed by atoms with E-state index in [1.54, 1.807) is 25.5 Å². The molecule has 0 aliphatic rings. The number of aromatic amines is 1. The summed E-state index contributed by atoms with van der Waals surface area (Å²) >= 11 is 0. The lowest BCUT2D eigenvalue weighted by atomic mass is 10.3. The Morgan fingerprint density at radius 2 is 2.40 bits per heavy atom. The number of hydrogen-bond donors (Lipinski definition) is 2. The Hall–Kier alpha value is -2.11. The summed E-state index contributed by atoms with van der Waals surface area (Å²) in [7, 11) is 1.72. The number of rotatable bonds is 2. The van der Waals surface area contributed by atoms with Crippen molar-refractivity contribution in [2.24, 2.45) is 7.05 Å². The molecule has 0 aromatic carbocycles. The summed E-state index contributed by atoms with van der Waals surface area (Å²) in [5.74, 6) is 0.406. The lowest BCUT2D eigenvalue weighted by Gasteiger charge is -2.03. The van der Waals surface area contributed by atoms with Gasteiger partial charge in [-0.3, -0.25) is 14.6 Å². The molecule has 0 saturated carbocycles. The Morgan fingerprint density at radius 3 is 2.93 bits per heavy atom. The van der Waals surface area contributed by atoms with Crippen LogP contribution in [0.25, 0.3) is 0 Å². The molecule has 2 aromatic rings. The number of hydrogen-bond acceptors (Lipinski definition) is 3. The molecule has 2 aromatic heterocycles. The van der Waals surface area contributed by atoms with Crippen LogP contribution in [0.4, 0.5) is 5.82 Å². The molecule has 6 nitrogen and oxygen atoms in total. The molecule has 2 rings (SSSR count). The van der Waals surface area contributed by atoms with Crippen LogP contribution in [0.3, 0.4) is 0 Å². The summed E-state index contributed by atoms with van der Waals surface area (Å²) < 4.78 is 1.51. The van der Waals surface area contributed by atoms with Crippen LogP contribution in [0.15, 0.2) is 18.5 Å². The van der Waals surface area contributed by atoms with Gasteiger partial charge in [-0.25, -0.2) is 0 Å². The Balaban J connectivity index is 2.18. The van der Waals surface area contributed by atoms with Crippen molar-refractivity contribution in [3.63, 3.8) is 0 Å². The number of H-pyrrole nitrogens is 1. The molecule has 0 aliphatic heterocycles. The molecule has 78 valence electrons. The fourth-order valence-electron chi connectivity index (χ4n) is 1.25. The van der Waals surface area contributed by atoms with E-state index in [9.17, 15) is 4.79 Å². The second kappa shape index (κ2) is 3.56. The van der Waals surface area contributed by atoms with E-state index in [0.29, 0.717) is 11.5 Å². The van der Waals surface area contributed by atoms with E-state index < -0.39 is 0 Å². The monoisotopic (exact) mass is 205 g/mol. The summed E-state index contributed by atoms with van der Waals surface area (Å²) in [4.78, 5) is 11.7. The first-order valence-electron chi connectivity index (χ1n) is 4.48. The van der Waals surface area contributed by atoms with E-state index in [1.165, 1.54) is 4.68 Å². The van der Waals surface area contributed by atoms with Gasteiger partial charge in [0.15, 0.2) is 0 Å². The zero-order chi connectivity index (χ0) is 10.8. The number of carbonyl (C=O) groups is 1. The predicted octanol–water partition coefficient (Wildman–Crippen LogP) is 0.704. The van der Waals surface area contributed by atoms with Gasteiger partial charge < -0.3 is 5.32 Å². The minimum absolute atomic E-state index is 0.206. The maximum atomic E-state index is 11.7. The summed E-state index contributed by atoms with van der Waals surface area (Å²) in [6, 6.07) is 1.65. The summed E-state index contributed by atoms with van der Waals surface area (Å²) in [6.07, 6.45) is 3.23. The summed E-state index contributed by atoms with van der Waals surface area (Å²) in [6.45, 7) is 1.86. The van der Waals surface area contributed by atoms with Crippen LogP contribution in [0.5, 0.6) is 0 Å². The molecule has 6 heteroatoms. The van der Waals surface area contributed by atoms with E-state index in [1.807, 2.05) is 6.92 Å². The maximum absolute atomic E-state index is 11.7. The Kier molecular flexibility index (Phi) is 2.24. The minimum Gasteiger partial charge on any atom is -0.305 e. The molecule has 15 heavy (non-hydrogen) atoms. The van der Waals surface area contributed by atoms with Crippen LogP contribution in [-0.2, 0) is 7.05 Å². The topological polar surface area (TPSA) is 75.6 Å². The van der Waals surface area contributed by atoms with Gasteiger partial charge in [0.25, 0.3) is 5.91 Å². The smallest absolute Gasteiger partial charge is 0.275 e. The molecule has 0 fully saturated rings. The molecule has 0 aliphatic carbocycles. The van der Waals surface area contributed by atoms with Crippen molar-refractivity contribution in [1.82, 2.24) is 20.0 Å². The SMILES string of the molecule is Cc1cn[nH]c1NC(=O)c1ccnn1C. The zero-order valence-corrected chi connectivity index (χ0v) is 8.48. The summed E-state index contributed by atoms with van der Waals surface area (Å²) in [5, 5.41) is 13.2. The van der Waals surface area contributed by atoms with E-state index in [0.717, 1.165) is 5.56 Å². The van der Waals surface area contributed by atoms with Crippen LogP contribution < -0.4 is 5.32 Å². The molecule has 0 radical (unpaired) electrons. The number of carbonyl (C=O) groups excluding carboxylic acids is 1. The molecular weight excluding hydrogens is 194 g/mol. The third kappa shape index (κ3) is 1.74. The normalized spacial score (nSPS) is 10.3. The second-order valence-electron chi connectivity index (χ2n) is 3.22. The van der Waals surface area contributed by atoms with Gasteiger partial charge in [-0.2, -0.15) is 10.2 Å². The van der Waals surface area contributed by atoms with Gasteiger partial charge in [0, 0.05) is 18.8 Å². The number of aryl methyl sites for hydroxylation is 2. The second-order valence-corrected chi connectivity index (χ2v) is 3.22. The van der Waals surface area contributed by atoms with Gasteiger partial charge in [0.1, 0.15) is 11.5 Å². The van der Waals surface area contributed by atoms with Crippen molar-refractivity contribution >= 4 is 11.7 Å². The Bertz CT molecular complexity index is 484. The minimum atomic E-state index is -0.206. The van der Waals surface area contributed by atoms with Crippen LogP contribution in [-0.4, -0.2) is 25.9 Å². The van der Waals surface area contributed by atoms with Crippen molar-refractivity contribution in [1.29, 1.82) is 0 Å². The highest BCUT2D eigenvalue weighted by atomic mass is 16.2. The van der Waals surface area contributed by atoms with Gasteiger partial charge in [0.2, 0.25) is 0 Å². The molecule has 1 amide bonds.